The van der Waals surface area contributed by atoms with Gasteiger partial charge in [0.25, 0.3) is 0 Å². The second-order valence-electron chi connectivity index (χ2n) is 5.05. The van der Waals surface area contributed by atoms with Crippen molar-refractivity contribution in [1.82, 2.24) is 4.90 Å². The molecule has 0 atom stereocenters. The zero-order chi connectivity index (χ0) is 15.6. The van der Waals surface area contributed by atoms with Gasteiger partial charge in [0.1, 0.15) is 17.3 Å². The molecule has 0 amide bonds. The van der Waals surface area contributed by atoms with Gasteiger partial charge in [-0.05, 0) is 25.0 Å². The molecule has 0 unspecified atom stereocenters. The van der Waals surface area contributed by atoms with Crippen molar-refractivity contribution in [2.24, 2.45) is 0 Å². The highest BCUT2D eigenvalue weighted by Crippen LogP contribution is 2.27. The van der Waals surface area contributed by atoms with Gasteiger partial charge in [0.05, 0.1) is 6.54 Å². The fraction of sp³-hybridized carbons (Fsp3) is 0.538. The van der Waals surface area contributed by atoms with E-state index in [4.69, 9.17) is 0 Å². The summed E-state index contributed by atoms with van der Waals surface area (Å²) >= 11 is 2.99. The Labute approximate surface area is 127 Å². The van der Waals surface area contributed by atoms with Crippen LogP contribution in [0.2, 0.25) is 0 Å². The largest absolute Gasteiger partial charge is 0.401 e. The van der Waals surface area contributed by atoms with Crippen LogP contribution in [0.25, 0.3) is 0 Å². The third-order valence-corrected chi connectivity index (χ3v) is 3.80. The molecule has 0 aliphatic carbocycles. The minimum absolute atomic E-state index is 0.229. The van der Waals surface area contributed by atoms with Crippen LogP contribution in [0.4, 0.5) is 27.6 Å². The molecule has 2 nitrogen and oxygen atoms in total. The summed E-state index contributed by atoms with van der Waals surface area (Å²) in [5.74, 6) is -1.45. The van der Waals surface area contributed by atoms with Crippen molar-refractivity contribution < 1.29 is 22.0 Å². The van der Waals surface area contributed by atoms with Gasteiger partial charge >= 0.3 is 6.18 Å². The summed E-state index contributed by atoms with van der Waals surface area (Å²) in [7, 11) is 0. The summed E-state index contributed by atoms with van der Waals surface area (Å²) in [6.45, 7) is -0.450. The Morgan fingerprint density at radius 1 is 1.14 bits per heavy atom. The van der Waals surface area contributed by atoms with Crippen molar-refractivity contribution in [2.45, 2.75) is 25.1 Å². The number of piperidine rings is 1. The standard InChI is InChI=1S/C13H14BrF5N2/c14-8-5-10(15)12(11(16)6-8)20-9-1-3-21(4-2-9)7-13(17,18)19/h5-6,9,20H,1-4,7H2. The van der Waals surface area contributed by atoms with Crippen LogP contribution in [0.15, 0.2) is 16.6 Å². The normalized spacial score (nSPS) is 18.0. The summed E-state index contributed by atoms with van der Waals surface area (Å²) < 4.78 is 64.4. The second kappa shape index (κ2) is 6.48. The van der Waals surface area contributed by atoms with E-state index in [0.717, 1.165) is 12.1 Å². The molecule has 0 aromatic heterocycles. The highest BCUT2D eigenvalue weighted by molar-refractivity contribution is 9.10. The summed E-state index contributed by atoms with van der Waals surface area (Å²) in [6, 6.07) is 2.05. The Bertz CT molecular complexity index is 475. The first-order valence-corrected chi connectivity index (χ1v) is 7.24. The number of hydrogen-bond acceptors (Lipinski definition) is 2. The molecule has 2 rings (SSSR count). The van der Waals surface area contributed by atoms with Crippen LogP contribution >= 0.6 is 15.9 Å². The number of nitrogens with one attached hydrogen (secondary N) is 1. The SMILES string of the molecule is Fc1cc(Br)cc(F)c1NC1CCN(CC(F)(F)F)CC1. The lowest BCUT2D eigenvalue weighted by atomic mass is 10.0. The zero-order valence-electron chi connectivity index (χ0n) is 11.0. The lowest BCUT2D eigenvalue weighted by Crippen LogP contribution is -2.43. The number of alkyl halides is 3. The molecule has 0 saturated carbocycles. The van der Waals surface area contributed by atoms with Crippen LogP contribution in [0.3, 0.4) is 0 Å². The molecule has 0 bridgehead atoms. The molecule has 1 fully saturated rings. The molecule has 8 heteroatoms. The van der Waals surface area contributed by atoms with Gasteiger partial charge in [-0.2, -0.15) is 13.2 Å². The molecule has 1 aromatic carbocycles. The van der Waals surface area contributed by atoms with Crippen molar-refractivity contribution in [3.8, 4) is 0 Å². The third-order valence-electron chi connectivity index (χ3n) is 3.35. The van der Waals surface area contributed by atoms with E-state index in [-0.39, 0.29) is 24.8 Å². The van der Waals surface area contributed by atoms with Crippen LogP contribution in [0, 0.1) is 11.6 Å². The molecule has 1 heterocycles. The second-order valence-corrected chi connectivity index (χ2v) is 5.97. The van der Waals surface area contributed by atoms with E-state index in [1.54, 1.807) is 0 Å². The summed E-state index contributed by atoms with van der Waals surface area (Å²) in [4.78, 5) is 1.30. The van der Waals surface area contributed by atoms with Gasteiger partial charge < -0.3 is 5.32 Å². The Morgan fingerprint density at radius 2 is 1.67 bits per heavy atom. The molecule has 1 aromatic rings. The minimum atomic E-state index is -4.22. The van der Waals surface area contributed by atoms with Gasteiger partial charge in [0, 0.05) is 23.6 Å². The van der Waals surface area contributed by atoms with Gasteiger partial charge in [-0.3, -0.25) is 4.90 Å². The predicted octanol–water partition coefficient (Wildman–Crippen LogP) is 4.17. The monoisotopic (exact) mass is 372 g/mol. The van der Waals surface area contributed by atoms with Crippen LogP contribution in [-0.4, -0.2) is 36.8 Å². The number of nitrogens with zero attached hydrogens (tertiary/aromatic N) is 1. The molecule has 118 valence electrons. The molecule has 1 aliphatic rings. The molecule has 1 saturated heterocycles. The Balaban J connectivity index is 1.92. The van der Waals surface area contributed by atoms with E-state index in [0.29, 0.717) is 17.3 Å². The van der Waals surface area contributed by atoms with Gasteiger partial charge in [0.2, 0.25) is 0 Å². The highest BCUT2D eigenvalue weighted by Gasteiger charge is 2.32. The molecule has 1 N–H and O–H groups in total. The van der Waals surface area contributed by atoms with E-state index in [9.17, 15) is 22.0 Å². The first-order valence-electron chi connectivity index (χ1n) is 6.45. The van der Waals surface area contributed by atoms with Crippen LogP contribution in [0.1, 0.15) is 12.8 Å². The van der Waals surface area contributed by atoms with E-state index in [1.807, 2.05) is 0 Å². The van der Waals surface area contributed by atoms with Crippen LogP contribution in [0.5, 0.6) is 0 Å². The zero-order valence-corrected chi connectivity index (χ0v) is 12.6. The number of likely N-dealkylation sites (tertiary alicyclic amines) is 1. The Hall–Kier alpha value is -0.890. The lowest BCUT2D eigenvalue weighted by molar-refractivity contribution is -0.147. The van der Waals surface area contributed by atoms with Gasteiger partial charge in [-0.1, -0.05) is 15.9 Å². The number of rotatable bonds is 3. The van der Waals surface area contributed by atoms with Crippen molar-refractivity contribution in [3.05, 3.63) is 28.2 Å². The van der Waals surface area contributed by atoms with Gasteiger partial charge in [0.15, 0.2) is 0 Å². The average Bonchev–Trinajstić information content (AvgIpc) is 2.34. The van der Waals surface area contributed by atoms with E-state index >= 15 is 0 Å². The molecule has 21 heavy (non-hydrogen) atoms. The number of hydrogen-bond donors (Lipinski definition) is 1. The van der Waals surface area contributed by atoms with E-state index in [1.165, 1.54) is 4.90 Å². The minimum Gasteiger partial charge on any atom is -0.377 e. The quantitative estimate of drug-likeness (QED) is 0.801. The van der Waals surface area contributed by atoms with Crippen molar-refractivity contribution in [1.29, 1.82) is 0 Å². The van der Waals surface area contributed by atoms with Crippen LogP contribution < -0.4 is 5.32 Å². The average molecular weight is 373 g/mol. The Morgan fingerprint density at radius 3 is 2.14 bits per heavy atom. The molecule has 0 radical (unpaired) electrons. The molecular formula is C13H14BrF5N2. The molecule has 1 aliphatic heterocycles. The third kappa shape index (κ3) is 4.81. The fourth-order valence-electron chi connectivity index (χ4n) is 2.37. The van der Waals surface area contributed by atoms with Crippen molar-refractivity contribution in [3.63, 3.8) is 0 Å². The van der Waals surface area contributed by atoms with E-state index in [2.05, 4.69) is 21.2 Å². The smallest absolute Gasteiger partial charge is 0.377 e. The first-order chi connectivity index (χ1) is 9.74. The summed E-state index contributed by atoms with van der Waals surface area (Å²) in [5.41, 5.74) is -0.229. The molecular weight excluding hydrogens is 359 g/mol. The first kappa shape index (κ1) is 16.5. The van der Waals surface area contributed by atoms with Crippen molar-refractivity contribution in [2.75, 3.05) is 25.0 Å². The number of benzene rings is 1. The van der Waals surface area contributed by atoms with Crippen LogP contribution in [-0.2, 0) is 0 Å². The predicted molar refractivity (Wildman–Crippen MR) is 73.2 cm³/mol. The number of anilines is 1. The Kier molecular flexibility index (Phi) is 5.08. The molecule has 0 spiro atoms. The van der Waals surface area contributed by atoms with Gasteiger partial charge in [-0.15, -0.1) is 0 Å². The maximum absolute atomic E-state index is 13.7. The fourth-order valence-corrected chi connectivity index (χ4v) is 2.78. The lowest BCUT2D eigenvalue weighted by Gasteiger charge is -2.33. The topological polar surface area (TPSA) is 15.3 Å². The summed E-state index contributed by atoms with van der Waals surface area (Å²) in [5, 5.41) is 2.75. The van der Waals surface area contributed by atoms with Gasteiger partial charge in [-0.25, -0.2) is 8.78 Å². The number of halogens is 6. The maximum atomic E-state index is 13.7. The highest BCUT2D eigenvalue weighted by atomic mass is 79.9. The summed E-state index contributed by atoms with van der Waals surface area (Å²) in [6.07, 6.45) is -3.40. The maximum Gasteiger partial charge on any atom is 0.401 e. The van der Waals surface area contributed by atoms with Crippen molar-refractivity contribution >= 4 is 21.6 Å². The van der Waals surface area contributed by atoms with E-state index < -0.39 is 24.4 Å².